The summed E-state index contributed by atoms with van der Waals surface area (Å²) in [7, 11) is 0. The highest BCUT2D eigenvalue weighted by Gasteiger charge is 2.12. The second-order valence-corrected chi connectivity index (χ2v) is 5.15. The van der Waals surface area contributed by atoms with Gasteiger partial charge in [-0.25, -0.2) is 4.98 Å². The summed E-state index contributed by atoms with van der Waals surface area (Å²) in [4.78, 5) is 8.94. The monoisotopic (exact) mass is 291 g/mol. The molecule has 3 aromatic heterocycles. The van der Waals surface area contributed by atoms with Gasteiger partial charge in [0.25, 0.3) is 0 Å². The minimum absolute atomic E-state index is 0.419. The third-order valence-corrected chi connectivity index (χ3v) is 3.67. The van der Waals surface area contributed by atoms with Crippen LogP contribution in [0, 0.1) is 26.2 Å². The molecular formula is C18H17N3O. The number of nitrogens with zero attached hydrogens (tertiary/aromatic N) is 3. The quantitative estimate of drug-likeness (QED) is 0.693. The number of terminal acetylenes is 1. The highest BCUT2D eigenvalue weighted by molar-refractivity contribution is 5.56. The first kappa shape index (κ1) is 14.2. The minimum atomic E-state index is 0.419. The largest absolute Gasteiger partial charge is 0.483 e. The Hall–Kier alpha value is -2.80. The van der Waals surface area contributed by atoms with Gasteiger partial charge in [0.2, 0.25) is 0 Å². The summed E-state index contributed by atoms with van der Waals surface area (Å²) < 4.78 is 7.93. The molecule has 0 aliphatic rings. The molecule has 0 spiro atoms. The lowest BCUT2D eigenvalue weighted by Gasteiger charge is -2.09. The second kappa shape index (κ2) is 5.90. The van der Waals surface area contributed by atoms with Crippen molar-refractivity contribution in [1.82, 2.24) is 14.4 Å². The van der Waals surface area contributed by atoms with Crippen LogP contribution >= 0.6 is 0 Å². The average molecular weight is 291 g/mol. The van der Waals surface area contributed by atoms with Crippen LogP contribution in [0.3, 0.4) is 0 Å². The molecule has 0 N–H and O–H groups in total. The van der Waals surface area contributed by atoms with E-state index < -0.39 is 0 Å². The van der Waals surface area contributed by atoms with Crippen molar-refractivity contribution in [3.8, 4) is 18.1 Å². The molecule has 0 aliphatic heterocycles. The van der Waals surface area contributed by atoms with Crippen molar-refractivity contribution >= 4 is 5.65 Å². The van der Waals surface area contributed by atoms with Crippen LogP contribution in [0.2, 0.25) is 0 Å². The number of imidazole rings is 1. The Morgan fingerprint density at radius 1 is 1.27 bits per heavy atom. The Kier molecular flexibility index (Phi) is 3.80. The van der Waals surface area contributed by atoms with E-state index in [-0.39, 0.29) is 0 Å². The van der Waals surface area contributed by atoms with E-state index in [4.69, 9.17) is 11.2 Å². The molecular weight excluding hydrogens is 274 g/mol. The summed E-state index contributed by atoms with van der Waals surface area (Å²) in [5, 5.41) is 0. The van der Waals surface area contributed by atoms with Gasteiger partial charge in [0.15, 0.2) is 11.4 Å². The highest BCUT2D eigenvalue weighted by Crippen LogP contribution is 2.23. The molecule has 22 heavy (non-hydrogen) atoms. The highest BCUT2D eigenvalue weighted by atomic mass is 16.5. The first-order valence-electron chi connectivity index (χ1n) is 7.14. The number of ether oxygens (including phenoxy) is 1. The predicted molar refractivity (Wildman–Crippen MR) is 85.8 cm³/mol. The van der Waals surface area contributed by atoms with Crippen LogP contribution in [-0.2, 0) is 13.0 Å². The van der Waals surface area contributed by atoms with Gasteiger partial charge in [0.1, 0.15) is 6.61 Å². The number of hydrogen-bond acceptors (Lipinski definition) is 3. The fraction of sp³-hybridized carbons (Fsp3) is 0.222. The zero-order valence-corrected chi connectivity index (χ0v) is 12.7. The van der Waals surface area contributed by atoms with Gasteiger partial charge < -0.3 is 4.74 Å². The van der Waals surface area contributed by atoms with Crippen LogP contribution < -0.4 is 4.74 Å². The third kappa shape index (κ3) is 2.53. The Morgan fingerprint density at radius 2 is 2.14 bits per heavy atom. The molecule has 0 amide bonds. The van der Waals surface area contributed by atoms with Crippen molar-refractivity contribution in [1.29, 1.82) is 0 Å². The van der Waals surface area contributed by atoms with E-state index in [1.165, 1.54) is 0 Å². The van der Waals surface area contributed by atoms with E-state index in [9.17, 15) is 0 Å². The maximum Gasteiger partial charge on any atom is 0.180 e. The lowest BCUT2D eigenvalue weighted by atomic mass is 10.2. The summed E-state index contributed by atoms with van der Waals surface area (Å²) in [6, 6.07) is 7.80. The van der Waals surface area contributed by atoms with Crippen molar-refractivity contribution in [2.45, 2.75) is 26.9 Å². The lowest BCUT2D eigenvalue weighted by Crippen LogP contribution is -2.02. The number of rotatable bonds is 4. The number of hydrogen-bond donors (Lipinski definition) is 0. The molecule has 3 heterocycles. The number of aryl methyl sites for hydroxylation is 2. The van der Waals surface area contributed by atoms with Crippen LogP contribution in [0.25, 0.3) is 5.65 Å². The third-order valence-electron chi connectivity index (χ3n) is 3.67. The van der Waals surface area contributed by atoms with Crippen LogP contribution in [0.5, 0.6) is 5.75 Å². The molecule has 0 atom stereocenters. The van der Waals surface area contributed by atoms with E-state index in [1.807, 2.05) is 48.7 Å². The minimum Gasteiger partial charge on any atom is -0.483 e. The zero-order chi connectivity index (χ0) is 15.5. The Balaban J connectivity index is 1.93. The molecule has 3 rings (SSSR count). The zero-order valence-electron chi connectivity index (χ0n) is 12.7. The smallest absolute Gasteiger partial charge is 0.180 e. The first-order chi connectivity index (χ1) is 10.7. The molecule has 110 valence electrons. The van der Waals surface area contributed by atoms with Crippen molar-refractivity contribution in [2.75, 3.05) is 0 Å². The van der Waals surface area contributed by atoms with Crippen molar-refractivity contribution in [3.05, 3.63) is 59.3 Å². The fourth-order valence-electron chi connectivity index (χ4n) is 2.44. The van der Waals surface area contributed by atoms with Gasteiger partial charge in [-0.3, -0.25) is 9.38 Å². The van der Waals surface area contributed by atoms with E-state index in [2.05, 4.69) is 15.9 Å². The SMILES string of the molecule is C#CCc1c(C)nc2c(OCc3ncccc3C)cccn12. The molecule has 0 radical (unpaired) electrons. The van der Waals surface area contributed by atoms with Crippen molar-refractivity contribution in [2.24, 2.45) is 0 Å². The van der Waals surface area contributed by atoms with Gasteiger partial charge in [-0.05, 0) is 37.6 Å². The van der Waals surface area contributed by atoms with Gasteiger partial charge in [-0.2, -0.15) is 0 Å². The molecule has 0 unspecified atom stereocenters. The molecule has 0 saturated heterocycles. The summed E-state index contributed by atoms with van der Waals surface area (Å²) in [6.45, 7) is 4.41. The topological polar surface area (TPSA) is 39.4 Å². The Morgan fingerprint density at radius 3 is 2.91 bits per heavy atom. The summed E-state index contributed by atoms with van der Waals surface area (Å²) in [5.74, 6) is 3.41. The Bertz CT molecular complexity index is 858. The van der Waals surface area contributed by atoms with Crippen LogP contribution in [-0.4, -0.2) is 14.4 Å². The van der Waals surface area contributed by atoms with Gasteiger partial charge in [0.05, 0.1) is 23.5 Å². The maximum atomic E-state index is 5.94. The number of aromatic nitrogens is 3. The molecule has 0 bridgehead atoms. The van der Waals surface area contributed by atoms with E-state index in [1.54, 1.807) is 6.20 Å². The normalized spacial score (nSPS) is 10.6. The molecule has 4 nitrogen and oxygen atoms in total. The average Bonchev–Trinajstić information content (AvgIpc) is 2.84. The maximum absolute atomic E-state index is 5.94. The van der Waals surface area contributed by atoms with Crippen LogP contribution in [0.1, 0.15) is 22.6 Å². The standard InChI is InChI=1S/C18H17N3O/c1-4-7-16-14(3)20-18-17(9-6-11-21(16)18)22-12-15-13(2)8-5-10-19-15/h1,5-6,8-11H,7,12H2,2-3H3. The van der Waals surface area contributed by atoms with E-state index >= 15 is 0 Å². The molecule has 3 aromatic rings. The van der Waals surface area contributed by atoms with Gasteiger partial charge >= 0.3 is 0 Å². The molecule has 0 fully saturated rings. The van der Waals surface area contributed by atoms with Crippen molar-refractivity contribution in [3.63, 3.8) is 0 Å². The predicted octanol–water partition coefficient (Wildman–Crippen LogP) is 3.10. The van der Waals surface area contributed by atoms with Crippen molar-refractivity contribution < 1.29 is 4.74 Å². The van der Waals surface area contributed by atoms with Gasteiger partial charge in [0, 0.05) is 12.4 Å². The van der Waals surface area contributed by atoms with Gasteiger partial charge in [-0.15, -0.1) is 12.3 Å². The Labute approximate surface area is 129 Å². The number of pyridine rings is 2. The number of fused-ring (bicyclic) bond motifs is 1. The summed E-state index contributed by atoms with van der Waals surface area (Å²) >= 11 is 0. The summed E-state index contributed by atoms with van der Waals surface area (Å²) in [5.41, 5.74) is 4.79. The second-order valence-electron chi connectivity index (χ2n) is 5.15. The molecule has 4 heteroatoms. The molecule has 0 aliphatic carbocycles. The van der Waals surface area contributed by atoms with Gasteiger partial charge in [-0.1, -0.05) is 6.07 Å². The first-order valence-corrected chi connectivity index (χ1v) is 7.14. The molecule has 0 saturated carbocycles. The van der Waals surface area contributed by atoms with Crippen LogP contribution in [0.4, 0.5) is 0 Å². The fourth-order valence-corrected chi connectivity index (χ4v) is 2.44. The van der Waals surface area contributed by atoms with E-state index in [0.29, 0.717) is 13.0 Å². The molecule has 0 aromatic carbocycles. The lowest BCUT2D eigenvalue weighted by molar-refractivity contribution is 0.302. The van der Waals surface area contributed by atoms with Crippen LogP contribution in [0.15, 0.2) is 36.7 Å². The van der Waals surface area contributed by atoms with E-state index in [0.717, 1.165) is 34.0 Å². The summed E-state index contributed by atoms with van der Waals surface area (Å²) in [6.07, 6.45) is 9.72.